The molecule has 0 radical (unpaired) electrons. The van der Waals surface area contributed by atoms with E-state index >= 15 is 0 Å². The van der Waals surface area contributed by atoms with Gasteiger partial charge in [0.15, 0.2) is 0 Å². The zero-order valence-electron chi connectivity index (χ0n) is 15.3. The van der Waals surface area contributed by atoms with E-state index in [0.717, 1.165) is 4.90 Å². The van der Waals surface area contributed by atoms with E-state index < -0.39 is 35.2 Å². The summed E-state index contributed by atoms with van der Waals surface area (Å²) in [6, 6.07) is 12.3. The Bertz CT molecular complexity index is 1070. The highest BCUT2D eigenvalue weighted by Gasteiger charge is 2.69. The van der Waals surface area contributed by atoms with E-state index in [1.54, 1.807) is 31.2 Å². The first-order valence-electron chi connectivity index (χ1n) is 9.19. The third-order valence-corrected chi connectivity index (χ3v) is 6.08. The van der Waals surface area contributed by atoms with E-state index in [2.05, 4.69) is 10.6 Å². The molecule has 148 valence electrons. The molecule has 9 nitrogen and oxygen atoms in total. The highest BCUT2D eigenvalue weighted by molar-refractivity contribution is 6.25. The fourth-order valence-electron chi connectivity index (χ4n) is 4.93. The Labute approximate surface area is 165 Å². The highest BCUT2D eigenvalue weighted by atomic mass is 16.8. The van der Waals surface area contributed by atoms with Gasteiger partial charge < -0.3 is 15.8 Å². The molecule has 2 aromatic carbocycles. The predicted octanol–water partition coefficient (Wildman–Crippen LogP) is 1.32. The molecule has 0 aromatic heterocycles. The second-order valence-corrected chi connectivity index (χ2v) is 7.55. The van der Waals surface area contributed by atoms with Gasteiger partial charge in [-0.3, -0.25) is 24.9 Å². The van der Waals surface area contributed by atoms with Crippen LogP contribution in [0.4, 0.5) is 17.1 Å². The van der Waals surface area contributed by atoms with Crippen LogP contribution < -0.4 is 20.8 Å². The van der Waals surface area contributed by atoms with E-state index in [9.17, 15) is 19.6 Å². The number of amides is 3. The number of carbonyl (C=O) groups excluding carboxylic acids is 3. The van der Waals surface area contributed by atoms with Crippen molar-refractivity contribution in [2.75, 3.05) is 15.4 Å². The number of carbonyl (C=O) groups is 3. The molecule has 9 heteroatoms. The topological polar surface area (TPSA) is 125 Å². The number of benzene rings is 2. The number of nitrogens with zero attached hydrogens (tertiary/aromatic N) is 2. The molecular weight excluding hydrogens is 376 g/mol. The summed E-state index contributed by atoms with van der Waals surface area (Å²) in [5.41, 5.74) is -0.00900. The Morgan fingerprint density at radius 1 is 1.10 bits per heavy atom. The van der Waals surface area contributed by atoms with Crippen LogP contribution in [0.2, 0.25) is 0 Å². The first kappa shape index (κ1) is 17.8. The summed E-state index contributed by atoms with van der Waals surface area (Å²) in [5, 5.41) is 26.1. The fraction of sp³-hybridized carbons (Fsp3) is 0.250. The van der Waals surface area contributed by atoms with Gasteiger partial charge in [-0.15, -0.1) is 0 Å². The van der Waals surface area contributed by atoms with Gasteiger partial charge in [-0.1, -0.05) is 24.3 Å². The van der Waals surface area contributed by atoms with Crippen LogP contribution in [0.25, 0.3) is 0 Å². The molecule has 29 heavy (non-hydrogen) atoms. The van der Waals surface area contributed by atoms with Crippen LogP contribution in [0.3, 0.4) is 0 Å². The summed E-state index contributed by atoms with van der Waals surface area (Å²) in [6.07, 6.45) is 0. The van der Waals surface area contributed by atoms with Crippen LogP contribution >= 0.6 is 0 Å². The van der Waals surface area contributed by atoms with Crippen molar-refractivity contribution in [3.63, 3.8) is 0 Å². The van der Waals surface area contributed by atoms with Crippen LogP contribution in [-0.2, 0) is 19.9 Å². The van der Waals surface area contributed by atoms with E-state index in [4.69, 9.17) is 5.21 Å². The Kier molecular flexibility index (Phi) is 3.60. The lowest BCUT2D eigenvalue weighted by Gasteiger charge is -2.29. The molecule has 1 spiro atoms. The zero-order chi connectivity index (χ0) is 20.5. The summed E-state index contributed by atoms with van der Waals surface area (Å²) in [5.74, 6) is -2.98. The van der Waals surface area contributed by atoms with Gasteiger partial charge in [0.05, 0.1) is 23.2 Å². The molecule has 3 heterocycles. The van der Waals surface area contributed by atoms with Gasteiger partial charge >= 0.3 is 0 Å². The minimum absolute atomic E-state index is 0.106. The number of hydrogen-bond acceptors (Lipinski definition) is 7. The van der Waals surface area contributed by atoms with Crippen LogP contribution in [0, 0.1) is 17.0 Å². The van der Waals surface area contributed by atoms with Crippen molar-refractivity contribution in [2.45, 2.75) is 18.5 Å². The van der Waals surface area contributed by atoms with E-state index in [-0.39, 0.29) is 22.5 Å². The Hall–Kier alpha value is -3.27. The second-order valence-electron chi connectivity index (χ2n) is 7.55. The number of rotatable bonds is 2. The van der Waals surface area contributed by atoms with Crippen molar-refractivity contribution in [3.8, 4) is 0 Å². The van der Waals surface area contributed by atoms with Crippen molar-refractivity contribution in [3.05, 3.63) is 59.3 Å². The molecule has 2 aromatic rings. The van der Waals surface area contributed by atoms with Crippen LogP contribution in [0.15, 0.2) is 48.5 Å². The number of nitrogens with one attached hydrogen (secondary N) is 2. The lowest BCUT2D eigenvalue weighted by molar-refractivity contribution is -0.130. The van der Waals surface area contributed by atoms with Gasteiger partial charge in [0.2, 0.25) is 17.7 Å². The van der Waals surface area contributed by atoms with Crippen molar-refractivity contribution in [1.82, 2.24) is 5.32 Å². The first-order chi connectivity index (χ1) is 13.9. The molecule has 0 aliphatic carbocycles. The summed E-state index contributed by atoms with van der Waals surface area (Å²) < 4.78 is 0. The first-order valence-corrected chi connectivity index (χ1v) is 9.19. The smallest absolute Gasteiger partial charge is 0.250 e. The molecule has 3 amide bonds. The number of imide groups is 1. The third-order valence-electron chi connectivity index (χ3n) is 6.08. The molecule has 0 saturated carbocycles. The minimum Gasteiger partial charge on any atom is -0.733 e. The fourth-order valence-corrected chi connectivity index (χ4v) is 4.93. The quantitative estimate of drug-likeness (QED) is 0.519. The summed E-state index contributed by atoms with van der Waals surface area (Å²) in [7, 11) is 0. The molecule has 5 rings (SSSR count). The van der Waals surface area contributed by atoms with E-state index in [1.807, 2.05) is 0 Å². The molecular formula is C20H17N4O5-. The number of anilines is 3. The molecule has 3 aliphatic rings. The normalized spacial score (nSPS) is 30.0. The van der Waals surface area contributed by atoms with Crippen molar-refractivity contribution >= 4 is 34.8 Å². The summed E-state index contributed by atoms with van der Waals surface area (Å²) in [6.45, 7) is 1.78. The zero-order valence-corrected chi connectivity index (χ0v) is 15.3. The third kappa shape index (κ3) is 2.17. The maximum Gasteiger partial charge on any atom is 0.250 e. The molecule has 0 bridgehead atoms. The van der Waals surface area contributed by atoms with Gasteiger partial charge in [0, 0.05) is 17.3 Å². The SMILES string of the molecule is C[C@@H]1N[C@@]2(C(=O)Nc3ccccc32)[C@@H]2C(=O)N(c3cccc(N([O-])O)c3)C(=O)[C@H]12. The molecule has 0 unspecified atom stereocenters. The van der Waals surface area contributed by atoms with Crippen molar-refractivity contribution < 1.29 is 19.6 Å². The monoisotopic (exact) mass is 393 g/mol. The number of para-hydroxylation sites is 1. The minimum atomic E-state index is -1.33. The Morgan fingerprint density at radius 2 is 1.86 bits per heavy atom. The largest absolute Gasteiger partial charge is 0.733 e. The van der Waals surface area contributed by atoms with Gasteiger partial charge in [-0.2, -0.15) is 0 Å². The molecule has 3 N–H and O–H groups in total. The standard InChI is InChI=1S/C20H17N4O5/c1-10-15-16(20(22-10)13-7-2-3-8-14(13)21-19(20)27)18(26)23(17(15)25)11-5-4-6-12(9-11)24(28)29/h2-10,15-16,22,28H,1H3,(H,21,27)/q-1/t10-,15+,16-,20+/m0/s1. The highest BCUT2D eigenvalue weighted by Crippen LogP contribution is 2.53. The lowest BCUT2D eigenvalue weighted by Crippen LogP contribution is -2.53. The van der Waals surface area contributed by atoms with Gasteiger partial charge in [0.1, 0.15) is 5.54 Å². The lowest BCUT2D eigenvalue weighted by atomic mass is 9.76. The average molecular weight is 393 g/mol. The predicted molar refractivity (Wildman–Crippen MR) is 103 cm³/mol. The van der Waals surface area contributed by atoms with Crippen molar-refractivity contribution in [1.29, 1.82) is 0 Å². The Morgan fingerprint density at radius 3 is 2.62 bits per heavy atom. The summed E-state index contributed by atoms with van der Waals surface area (Å²) >= 11 is 0. The number of hydrogen-bond donors (Lipinski definition) is 3. The van der Waals surface area contributed by atoms with E-state index in [1.165, 1.54) is 24.3 Å². The Balaban J connectivity index is 1.64. The maximum absolute atomic E-state index is 13.5. The van der Waals surface area contributed by atoms with Crippen LogP contribution in [0.1, 0.15) is 12.5 Å². The van der Waals surface area contributed by atoms with Crippen LogP contribution in [0.5, 0.6) is 0 Å². The van der Waals surface area contributed by atoms with Gasteiger partial charge in [-0.05, 0) is 31.2 Å². The second kappa shape index (κ2) is 5.86. The van der Waals surface area contributed by atoms with E-state index in [0.29, 0.717) is 11.3 Å². The average Bonchev–Trinajstić information content (AvgIpc) is 3.26. The number of fused-ring (bicyclic) bond motifs is 4. The molecule has 2 fully saturated rings. The van der Waals surface area contributed by atoms with Gasteiger partial charge in [-0.25, -0.2) is 4.90 Å². The molecule has 3 aliphatic heterocycles. The van der Waals surface area contributed by atoms with Gasteiger partial charge in [0.25, 0.3) is 0 Å². The molecule has 4 atom stereocenters. The van der Waals surface area contributed by atoms with Crippen molar-refractivity contribution in [2.24, 2.45) is 11.8 Å². The van der Waals surface area contributed by atoms with Crippen LogP contribution in [-0.4, -0.2) is 29.0 Å². The maximum atomic E-state index is 13.5. The summed E-state index contributed by atoms with van der Waals surface area (Å²) in [4.78, 5) is 40.8. The molecule has 2 saturated heterocycles.